The van der Waals surface area contributed by atoms with Crippen LogP contribution in [0.3, 0.4) is 0 Å². The van der Waals surface area contributed by atoms with Crippen LogP contribution >= 0.6 is 15.9 Å². The first-order valence-corrected chi connectivity index (χ1v) is 7.71. The fourth-order valence-electron chi connectivity index (χ4n) is 2.82. The van der Waals surface area contributed by atoms with Gasteiger partial charge in [0, 0.05) is 28.8 Å². The van der Waals surface area contributed by atoms with Crippen molar-refractivity contribution in [2.75, 3.05) is 11.4 Å². The van der Waals surface area contributed by atoms with Gasteiger partial charge in [0.25, 0.3) is 0 Å². The van der Waals surface area contributed by atoms with Gasteiger partial charge in [-0.05, 0) is 43.5 Å². The second kappa shape index (κ2) is 5.57. The zero-order valence-electron chi connectivity index (χ0n) is 11.5. The average molecular weight is 334 g/mol. The summed E-state index contributed by atoms with van der Waals surface area (Å²) in [6.07, 6.45) is 2.25. The zero-order chi connectivity index (χ0) is 14.1. The molecule has 0 bridgehead atoms. The Bertz CT molecular complexity index is 639. The number of hydrogen-bond acceptors (Lipinski definition) is 1. The Morgan fingerprint density at radius 1 is 1.20 bits per heavy atom. The van der Waals surface area contributed by atoms with Gasteiger partial charge in [0.2, 0.25) is 0 Å². The van der Waals surface area contributed by atoms with Crippen molar-refractivity contribution in [3.8, 4) is 0 Å². The fourth-order valence-corrected chi connectivity index (χ4v) is 3.16. The van der Waals surface area contributed by atoms with Crippen molar-refractivity contribution in [1.29, 1.82) is 0 Å². The lowest BCUT2D eigenvalue weighted by Gasteiger charge is -2.31. The smallest absolute Gasteiger partial charge is 0.129 e. The lowest BCUT2D eigenvalue weighted by atomic mass is 9.99. The molecule has 0 radical (unpaired) electrons. The van der Waals surface area contributed by atoms with Crippen molar-refractivity contribution in [2.45, 2.75) is 26.3 Å². The predicted octanol–water partition coefficient (Wildman–Crippen LogP) is 4.85. The van der Waals surface area contributed by atoms with E-state index in [1.807, 2.05) is 12.1 Å². The number of benzene rings is 2. The molecular formula is C17H17BrFN. The molecule has 2 aromatic carbocycles. The molecule has 0 saturated carbocycles. The van der Waals surface area contributed by atoms with Gasteiger partial charge in [0.15, 0.2) is 0 Å². The summed E-state index contributed by atoms with van der Waals surface area (Å²) in [5, 5.41) is 0. The zero-order valence-corrected chi connectivity index (χ0v) is 13.1. The minimum atomic E-state index is -0.140. The SMILES string of the molecule is Cc1ccc2c(c1)CCCN2Cc1ccc(Br)cc1F. The van der Waals surface area contributed by atoms with Crippen LogP contribution in [-0.2, 0) is 13.0 Å². The van der Waals surface area contributed by atoms with E-state index in [0.717, 1.165) is 29.4 Å². The number of halogens is 2. The predicted molar refractivity (Wildman–Crippen MR) is 84.7 cm³/mol. The molecular weight excluding hydrogens is 317 g/mol. The van der Waals surface area contributed by atoms with E-state index in [2.05, 4.69) is 46.0 Å². The van der Waals surface area contributed by atoms with Gasteiger partial charge in [0.05, 0.1) is 0 Å². The number of nitrogens with zero attached hydrogens (tertiary/aromatic N) is 1. The molecule has 0 unspecified atom stereocenters. The second-order valence-electron chi connectivity index (χ2n) is 5.39. The van der Waals surface area contributed by atoms with Crippen LogP contribution in [-0.4, -0.2) is 6.54 Å². The molecule has 104 valence electrons. The van der Waals surface area contributed by atoms with Gasteiger partial charge in [-0.15, -0.1) is 0 Å². The third kappa shape index (κ3) is 2.73. The molecule has 3 rings (SSSR count). The highest BCUT2D eigenvalue weighted by Crippen LogP contribution is 2.30. The summed E-state index contributed by atoms with van der Waals surface area (Å²) in [5.74, 6) is -0.140. The number of aryl methyl sites for hydroxylation is 2. The van der Waals surface area contributed by atoms with Crippen molar-refractivity contribution < 1.29 is 4.39 Å². The molecule has 0 aliphatic carbocycles. The van der Waals surface area contributed by atoms with Gasteiger partial charge in [-0.25, -0.2) is 4.39 Å². The number of rotatable bonds is 2. The molecule has 1 aliphatic rings. The quantitative estimate of drug-likeness (QED) is 0.759. The van der Waals surface area contributed by atoms with E-state index >= 15 is 0 Å². The molecule has 0 amide bonds. The van der Waals surface area contributed by atoms with Crippen molar-refractivity contribution in [1.82, 2.24) is 0 Å². The number of fused-ring (bicyclic) bond motifs is 1. The molecule has 0 saturated heterocycles. The Morgan fingerprint density at radius 2 is 2.05 bits per heavy atom. The third-order valence-electron chi connectivity index (χ3n) is 3.83. The van der Waals surface area contributed by atoms with Crippen molar-refractivity contribution in [3.05, 3.63) is 63.4 Å². The molecule has 0 atom stereocenters. The maximum absolute atomic E-state index is 14.0. The largest absolute Gasteiger partial charge is 0.367 e. The maximum atomic E-state index is 14.0. The van der Waals surface area contributed by atoms with Gasteiger partial charge in [0.1, 0.15) is 5.82 Å². The van der Waals surface area contributed by atoms with Gasteiger partial charge in [-0.3, -0.25) is 0 Å². The van der Waals surface area contributed by atoms with Crippen LogP contribution in [0.4, 0.5) is 10.1 Å². The normalized spacial score (nSPS) is 14.2. The Labute approximate surface area is 127 Å². The van der Waals surface area contributed by atoms with Crippen LogP contribution in [0.5, 0.6) is 0 Å². The molecule has 0 spiro atoms. The lowest BCUT2D eigenvalue weighted by Crippen LogP contribution is -2.29. The van der Waals surface area contributed by atoms with Gasteiger partial charge in [-0.1, -0.05) is 39.7 Å². The van der Waals surface area contributed by atoms with E-state index in [9.17, 15) is 4.39 Å². The van der Waals surface area contributed by atoms with Crippen LogP contribution in [0.2, 0.25) is 0 Å². The molecule has 0 fully saturated rings. The van der Waals surface area contributed by atoms with Crippen LogP contribution < -0.4 is 4.90 Å². The Kier molecular flexibility index (Phi) is 3.79. The molecule has 2 aromatic rings. The van der Waals surface area contributed by atoms with Crippen LogP contribution in [0, 0.1) is 12.7 Å². The molecule has 20 heavy (non-hydrogen) atoms. The molecule has 1 aliphatic heterocycles. The molecule has 3 heteroatoms. The summed E-state index contributed by atoms with van der Waals surface area (Å²) in [5.41, 5.74) is 4.68. The molecule has 1 heterocycles. The highest BCUT2D eigenvalue weighted by molar-refractivity contribution is 9.10. The summed E-state index contributed by atoms with van der Waals surface area (Å²) < 4.78 is 14.8. The van der Waals surface area contributed by atoms with E-state index in [1.165, 1.54) is 22.9 Å². The van der Waals surface area contributed by atoms with Crippen molar-refractivity contribution in [3.63, 3.8) is 0 Å². The monoisotopic (exact) mass is 333 g/mol. The van der Waals surface area contributed by atoms with E-state index in [4.69, 9.17) is 0 Å². The lowest BCUT2D eigenvalue weighted by molar-refractivity contribution is 0.597. The van der Waals surface area contributed by atoms with Gasteiger partial charge < -0.3 is 4.90 Å². The average Bonchev–Trinajstić information content (AvgIpc) is 2.41. The summed E-state index contributed by atoms with van der Waals surface area (Å²) in [4.78, 5) is 2.28. The summed E-state index contributed by atoms with van der Waals surface area (Å²) >= 11 is 3.30. The highest BCUT2D eigenvalue weighted by atomic mass is 79.9. The van der Waals surface area contributed by atoms with E-state index in [1.54, 1.807) is 0 Å². The molecule has 0 aromatic heterocycles. The standard InChI is InChI=1S/C17H17BrFN/c1-12-4-7-17-13(9-12)3-2-8-20(17)11-14-5-6-15(18)10-16(14)19/h4-7,9-10H,2-3,8,11H2,1H3. The Hall–Kier alpha value is -1.35. The van der Waals surface area contributed by atoms with E-state index in [0.29, 0.717) is 6.54 Å². The third-order valence-corrected chi connectivity index (χ3v) is 4.32. The van der Waals surface area contributed by atoms with Crippen LogP contribution in [0.15, 0.2) is 40.9 Å². The highest BCUT2D eigenvalue weighted by Gasteiger charge is 2.18. The summed E-state index contributed by atoms with van der Waals surface area (Å²) in [7, 11) is 0. The Balaban J connectivity index is 1.89. The minimum Gasteiger partial charge on any atom is -0.367 e. The maximum Gasteiger partial charge on any atom is 0.129 e. The van der Waals surface area contributed by atoms with E-state index in [-0.39, 0.29) is 5.82 Å². The Morgan fingerprint density at radius 3 is 2.85 bits per heavy atom. The van der Waals surface area contributed by atoms with Gasteiger partial charge >= 0.3 is 0 Å². The van der Waals surface area contributed by atoms with Crippen LogP contribution in [0.25, 0.3) is 0 Å². The summed E-state index contributed by atoms with van der Waals surface area (Å²) in [6, 6.07) is 11.9. The van der Waals surface area contributed by atoms with Gasteiger partial charge in [-0.2, -0.15) is 0 Å². The molecule has 1 nitrogen and oxygen atoms in total. The van der Waals surface area contributed by atoms with E-state index < -0.39 is 0 Å². The first-order valence-electron chi connectivity index (χ1n) is 6.92. The van der Waals surface area contributed by atoms with Crippen molar-refractivity contribution in [2.24, 2.45) is 0 Å². The first-order chi connectivity index (χ1) is 9.63. The first kappa shape index (κ1) is 13.6. The topological polar surface area (TPSA) is 3.24 Å². The number of anilines is 1. The fraction of sp³-hybridized carbons (Fsp3) is 0.294. The van der Waals surface area contributed by atoms with Crippen molar-refractivity contribution >= 4 is 21.6 Å². The minimum absolute atomic E-state index is 0.140. The molecule has 0 N–H and O–H groups in total. The summed E-state index contributed by atoms with van der Waals surface area (Å²) in [6.45, 7) is 3.74. The number of hydrogen-bond donors (Lipinski definition) is 0. The second-order valence-corrected chi connectivity index (χ2v) is 6.31. The van der Waals surface area contributed by atoms with Crippen LogP contribution in [0.1, 0.15) is 23.1 Å².